The van der Waals surface area contributed by atoms with Gasteiger partial charge >= 0.3 is 0 Å². The van der Waals surface area contributed by atoms with E-state index in [0.29, 0.717) is 9.69 Å². The highest BCUT2D eigenvalue weighted by Crippen LogP contribution is 2.21. The lowest BCUT2D eigenvalue weighted by Crippen LogP contribution is -2.52. The van der Waals surface area contributed by atoms with Gasteiger partial charge in [0.25, 0.3) is 5.91 Å². The number of nitrogens with zero attached hydrogens (tertiary/aromatic N) is 2. The highest BCUT2D eigenvalue weighted by molar-refractivity contribution is 9.10. The Bertz CT molecular complexity index is 986. The van der Waals surface area contributed by atoms with E-state index in [9.17, 15) is 18.0 Å². The summed E-state index contributed by atoms with van der Waals surface area (Å²) in [4.78, 5) is 25.9. The summed E-state index contributed by atoms with van der Waals surface area (Å²) in [5.74, 6) is -0.697. The number of halogens is 2. The van der Waals surface area contributed by atoms with Gasteiger partial charge in [-0.05, 0) is 46.3 Å². The van der Waals surface area contributed by atoms with Crippen LogP contribution >= 0.6 is 27.5 Å². The van der Waals surface area contributed by atoms with E-state index in [-0.39, 0.29) is 49.3 Å². The van der Waals surface area contributed by atoms with Crippen molar-refractivity contribution in [1.29, 1.82) is 0 Å². The van der Waals surface area contributed by atoms with Gasteiger partial charge in [0.05, 0.1) is 11.4 Å². The molecule has 150 valence electrons. The molecule has 11 heteroatoms. The molecular formula is C17H17BrClN3O5S. The van der Waals surface area contributed by atoms with Gasteiger partial charge in [-0.1, -0.05) is 17.7 Å². The van der Waals surface area contributed by atoms with Crippen molar-refractivity contribution in [1.82, 2.24) is 14.5 Å². The highest BCUT2D eigenvalue weighted by Gasteiger charge is 2.30. The molecular weight excluding hydrogens is 474 g/mol. The van der Waals surface area contributed by atoms with Crippen LogP contribution in [0.1, 0.15) is 10.6 Å². The summed E-state index contributed by atoms with van der Waals surface area (Å²) in [6, 6.07) is 9.14. The van der Waals surface area contributed by atoms with Crippen molar-refractivity contribution in [3.8, 4) is 0 Å². The Kier molecular flexibility index (Phi) is 6.43. The summed E-state index contributed by atoms with van der Waals surface area (Å²) in [6.07, 6.45) is 0. The summed E-state index contributed by atoms with van der Waals surface area (Å²) in [7, 11) is -3.67. The molecule has 1 aliphatic rings. The molecule has 0 spiro atoms. The quantitative estimate of drug-likeness (QED) is 0.691. The normalized spacial score (nSPS) is 15.4. The molecule has 0 atom stereocenters. The first kappa shape index (κ1) is 20.8. The molecule has 2 aromatic rings. The number of carbonyl (C=O) groups is 2. The molecule has 0 saturated carbocycles. The number of hydrogen-bond acceptors (Lipinski definition) is 5. The van der Waals surface area contributed by atoms with Crippen molar-refractivity contribution in [2.24, 2.45) is 0 Å². The van der Waals surface area contributed by atoms with Gasteiger partial charge in [0.15, 0.2) is 10.4 Å². The van der Waals surface area contributed by atoms with Crippen LogP contribution in [0.15, 0.2) is 50.4 Å². The lowest BCUT2D eigenvalue weighted by Gasteiger charge is -2.34. The maximum absolute atomic E-state index is 12.7. The first-order chi connectivity index (χ1) is 13.3. The molecule has 0 unspecified atom stereocenters. The zero-order valence-electron chi connectivity index (χ0n) is 14.6. The second-order valence-electron chi connectivity index (χ2n) is 6.03. The van der Waals surface area contributed by atoms with E-state index in [1.165, 1.54) is 27.4 Å². The van der Waals surface area contributed by atoms with Crippen molar-refractivity contribution in [2.75, 3.05) is 32.7 Å². The maximum Gasteiger partial charge on any atom is 0.287 e. The Morgan fingerprint density at radius 3 is 2.46 bits per heavy atom. The van der Waals surface area contributed by atoms with E-state index in [4.69, 9.17) is 16.0 Å². The number of hydrogen-bond donors (Lipinski definition) is 1. The van der Waals surface area contributed by atoms with Crippen LogP contribution in [0.2, 0.25) is 5.02 Å². The van der Waals surface area contributed by atoms with E-state index in [0.717, 1.165) is 0 Å². The number of piperazine rings is 1. The van der Waals surface area contributed by atoms with Crippen LogP contribution in [0, 0.1) is 0 Å². The molecule has 3 rings (SSSR count). The molecule has 0 radical (unpaired) electrons. The second-order valence-corrected chi connectivity index (χ2v) is 9.18. The van der Waals surface area contributed by atoms with Crippen LogP contribution in [0.3, 0.4) is 0 Å². The van der Waals surface area contributed by atoms with Crippen LogP contribution in [-0.4, -0.2) is 62.2 Å². The smallest absolute Gasteiger partial charge is 0.287 e. The van der Waals surface area contributed by atoms with Crippen LogP contribution in [0.25, 0.3) is 0 Å². The molecule has 2 amide bonds. The van der Waals surface area contributed by atoms with Gasteiger partial charge in [0, 0.05) is 31.2 Å². The zero-order valence-corrected chi connectivity index (χ0v) is 17.8. The number of rotatable bonds is 5. The number of amides is 2. The van der Waals surface area contributed by atoms with E-state index in [1.807, 2.05) is 0 Å². The largest absolute Gasteiger partial charge is 0.444 e. The van der Waals surface area contributed by atoms with E-state index in [2.05, 4.69) is 21.2 Å². The van der Waals surface area contributed by atoms with Gasteiger partial charge in [0.1, 0.15) is 0 Å². The number of nitrogens with one attached hydrogen (secondary N) is 1. The molecule has 1 N–H and O–H groups in total. The third-order valence-corrected chi connectivity index (χ3v) is 6.78. The first-order valence-electron chi connectivity index (χ1n) is 8.34. The molecule has 1 saturated heterocycles. The molecule has 2 heterocycles. The van der Waals surface area contributed by atoms with Gasteiger partial charge in [-0.3, -0.25) is 9.59 Å². The average molecular weight is 491 g/mol. The topological polar surface area (TPSA) is 99.9 Å². The number of benzene rings is 1. The fourth-order valence-corrected chi connectivity index (χ4v) is 4.78. The fraction of sp³-hybridized carbons (Fsp3) is 0.294. The fourth-order valence-electron chi connectivity index (χ4n) is 2.75. The minimum Gasteiger partial charge on any atom is -0.444 e. The Labute approximate surface area is 175 Å². The number of sulfonamides is 1. The standard InChI is InChI=1S/C17H17BrClN3O5S/c18-15-5-4-14(27-15)17(24)20-11-16(23)21-6-8-22(9-7-21)28(25,26)13-3-1-2-12(19)10-13/h1-5,10H,6-9,11H2,(H,20,24). The predicted octanol–water partition coefficient (Wildman–Crippen LogP) is 1.96. The van der Waals surface area contributed by atoms with Crippen LogP contribution < -0.4 is 5.32 Å². The van der Waals surface area contributed by atoms with Crippen molar-refractivity contribution in [3.05, 3.63) is 51.9 Å². The molecule has 1 aliphatic heterocycles. The van der Waals surface area contributed by atoms with E-state index >= 15 is 0 Å². The van der Waals surface area contributed by atoms with Crippen LogP contribution in [-0.2, 0) is 14.8 Å². The number of carbonyl (C=O) groups excluding carboxylic acids is 2. The van der Waals surface area contributed by atoms with Gasteiger partial charge in [0.2, 0.25) is 15.9 Å². The van der Waals surface area contributed by atoms with E-state index < -0.39 is 15.9 Å². The SMILES string of the molecule is O=C(NCC(=O)N1CCN(S(=O)(=O)c2cccc(Cl)c2)CC1)c1ccc(Br)o1. The summed E-state index contributed by atoms with van der Waals surface area (Å²) in [6.45, 7) is 0.610. The van der Waals surface area contributed by atoms with E-state index in [1.54, 1.807) is 18.2 Å². The molecule has 1 aromatic carbocycles. The van der Waals surface area contributed by atoms with Gasteiger partial charge in [-0.2, -0.15) is 4.31 Å². The summed E-state index contributed by atoms with van der Waals surface area (Å²) >= 11 is 8.98. The summed E-state index contributed by atoms with van der Waals surface area (Å²) < 4.78 is 32.2. The zero-order chi connectivity index (χ0) is 20.3. The van der Waals surface area contributed by atoms with Crippen molar-refractivity contribution >= 4 is 49.4 Å². The highest BCUT2D eigenvalue weighted by atomic mass is 79.9. The first-order valence-corrected chi connectivity index (χ1v) is 11.0. The molecule has 0 bridgehead atoms. The predicted molar refractivity (Wildman–Crippen MR) is 106 cm³/mol. The maximum atomic E-state index is 12.7. The van der Waals surface area contributed by atoms with Gasteiger partial charge in [-0.25, -0.2) is 8.42 Å². The molecule has 0 aliphatic carbocycles. The second kappa shape index (κ2) is 8.64. The third kappa shape index (κ3) is 4.75. The average Bonchev–Trinajstić information content (AvgIpc) is 3.12. The summed E-state index contributed by atoms with van der Waals surface area (Å²) in [5.41, 5.74) is 0. The van der Waals surface area contributed by atoms with Crippen molar-refractivity contribution < 1.29 is 22.4 Å². The molecule has 1 aromatic heterocycles. The Morgan fingerprint density at radius 1 is 1.14 bits per heavy atom. The Balaban J connectivity index is 1.53. The van der Waals surface area contributed by atoms with Crippen molar-refractivity contribution in [3.63, 3.8) is 0 Å². The Morgan fingerprint density at radius 2 is 1.86 bits per heavy atom. The third-order valence-electron chi connectivity index (χ3n) is 4.22. The van der Waals surface area contributed by atoms with Crippen LogP contribution in [0.4, 0.5) is 0 Å². The minimum absolute atomic E-state index is 0.0945. The Hall–Kier alpha value is -1.88. The van der Waals surface area contributed by atoms with Gasteiger partial charge in [-0.15, -0.1) is 0 Å². The lowest BCUT2D eigenvalue weighted by atomic mass is 10.3. The lowest BCUT2D eigenvalue weighted by molar-refractivity contribution is -0.131. The molecule has 28 heavy (non-hydrogen) atoms. The number of furan rings is 1. The van der Waals surface area contributed by atoms with Crippen molar-refractivity contribution in [2.45, 2.75) is 4.90 Å². The molecule has 1 fully saturated rings. The minimum atomic E-state index is -3.67. The van der Waals surface area contributed by atoms with Crippen LogP contribution in [0.5, 0.6) is 0 Å². The summed E-state index contributed by atoms with van der Waals surface area (Å²) in [5, 5.41) is 2.83. The molecule has 8 nitrogen and oxygen atoms in total. The van der Waals surface area contributed by atoms with Gasteiger partial charge < -0.3 is 14.6 Å². The monoisotopic (exact) mass is 489 g/mol.